The van der Waals surface area contributed by atoms with Crippen LogP contribution in [0.3, 0.4) is 0 Å². The van der Waals surface area contributed by atoms with E-state index in [1.807, 2.05) is 19.9 Å². The highest BCUT2D eigenvalue weighted by Crippen LogP contribution is 2.32. The van der Waals surface area contributed by atoms with Crippen LogP contribution in [0.4, 0.5) is 0 Å². The first-order valence-electron chi connectivity index (χ1n) is 5.74. The average molecular weight is 301 g/mol. The highest BCUT2D eigenvalue weighted by molar-refractivity contribution is 7.19. The van der Waals surface area contributed by atoms with Gasteiger partial charge in [0.2, 0.25) is 0 Å². The van der Waals surface area contributed by atoms with Crippen LogP contribution in [0.1, 0.15) is 26.3 Å². The van der Waals surface area contributed by atoms with Gasteiger partial charge in [0, 0.05) is 0 Å². The van der Waals surface area contributed by atoms with E-state index < -0.39 is 5.97 Å². The van der Waals surface area contributed by atoms with Crippen LogP contribution >= 0.6 is 22.9 Å². The van der Waals surface area contributed by atoms with Gasteiger partial charge in [-0.05, 0) is 28.5 Å². The summed E-state index contributed by atoms with van der Waals surface area (Å²) in [6, 6.07) is 3.30. The van der Waals surface area contributed by atoms with Crippen molar-refractivity contribution in [3.63, 3.8) is 0 Å². The van der Waals surface area contributed by atoms with Crippen molar-refractivity contribution in [1.29, 1.82) is 0 Å². The van der Waals surface area contributed by atoms with E-state index in [1.165, 1.54) is 11.3 Å². The largest absolute Gasteiger partial charge is 0.481 e. The third-order valence-corrected chi connectivity index (χ3v) is 3.98. The summed E-state index contributed by atoms with van der Waals surface area (Å²) < 4.78 is 2.21. The molecule has 2 aromatic rings. The smallest absolute Gasteiger partial charge is 0.305 e. The van der Waals surface area contributed by atoms with Gasteiger partial charge in [0.05, 0.1) is 21.7 Å². The van der Waals surface area contributed by atoms with Crippen molar-refractivity contribution >= 4 is 28.9 Å². The summed E-state index contributed by atoms with van der Waals surface area (Å²) in [5, 5.41) is 20.6. The summed E-state index contributed by atoms with van der Waals surface area (Å²) >= 11 is 7.26. The summed E-state index contributed by atoms with van der Waals surface area (Å²) in [5.74, 6) is -0.213. The number of hydrogen-bond acceptors (Lipinski definition) is 5. The molecule has 0 spiro atoms. The number of carboxylic acid groups (broad SMARTS) is 1. The molecule has 0 saturated carbocycles. The molecule has 2 rings (SSSR count). The van der Waals surface area contributed by atoms with Gasteiger partial charge in [-0.25, -0.2) is 4.68 Å². The number of carboxylic acids is 1. The van der Waals surface area contributed by atoms with E-state index >= 15 is 0 Å². The molecule has 8 heteroatoms. The lowest BCUT2D eigenvalue weighted by Gasteiger charge is -2.19. The zero-order valence-corrected chi connectivity index (χ0v) is 12.0. The summed E-state index contributed by atoms with van der Waals surface area (Å²) in [6.45, 7) is 3.89. The summed E-state index contributed by atoms with van der Waals surface area (Å²) in [4.78, 5) is 11.8. The van der Waals surface area contributed by atoms with E-state index in [4.69, 9.17) is 16.7 Å². The van der Waals surface area contributed by atoms with Gasteiger partial charge in [-0.15, -0.1) is 16.4 Å². The molecular weight excluding hydrogens is 288 g/mol. The second kappa shape index (κ2) is 5.66. The molecule has 0 amide bonds. The van der Waals surface area contributed by atoms with Crippen molar-refractivity contribution in [2.75, 3.05) is 0 Å². The van der Waals surface area contributed by atoms with Crippen molar-refractivity contribution in [3.05, 3.63) is 16.5 Å². The first-order valence-corrected chi connectivity index (χ1v) is 6.94. The average Bonchev–Trinajstić information content (AvgIpc) is 2.93. The molecule has 0 bridgehead atoms. The number of tetrazole rings is 1. The molecule has 2 heterocycles. The monoisotopic (exact) mass is 300 g/mol. The topological polar surface area (TPSA) is 80.9 Å². The molecule has 1 atom stereocenters. The number of halogens is 1. The predicted octanol–water partition coefficient (Wildman–Crippen LogP) is 2.73. The van der Waals surface area contributed by atoms with Gasteiger partial charge >= 0.3 is 5.97 Å². The molecule has 2 aromatic heterocycles. The van der Waals surface area contributed by atoms with Crippen molar-refractivity contribution < 1.29 is 9.90 Å². The van der Waals surface area contributed by atoms with Gasteiger partial charge in [0.15, 0.2) is 5.82 Å². The van der Waals surface area contributed by atoms with Crippen LogP contribution in [0.2, 0.25) is 4.34 Å². The molecule has 0 radical (unpaired) electrons. The van der Waals surface area contributed by atoms with Crippen molar-refractivity contribution in [2.24, 2.45) is 5.92 Å². The molecule has 0 aliphatic rings. The molecule has 1 N–H and O–H groups in total. The molecule has 19 heavy (non-hydrogen) atoms. The summed E-state index contributed by atoms with van der Waals surface area (Å²) in [7, 11) is 0. The molecule has 0 aliphatic heterocycles. The fourth-order valence-electron chi connectivity index (χ4n) is 1.80. The van der Waals surface area contributed by atoms with E-state index in [0.717, 1.165) is 4.88 Å². The maximum absolute atomic E-state index is 11.0. The van der Waals surface area contributed by atoms with Crippen LogP contribution in [-0.4, -0.2) is 31.3 Å². The molecule has 6 nitrogen and oxygen atoms in total. The van der Waals surface area contributed by atoms with Crippen LogP contribution in [0.5, 0.6) is 0 Å². The number of nitrogens with zero attached hydrogens (tertiary/aromatic N) is 4. The second-order valence-electron chi connectivity index (χ2n) is 4.46. The maximum Gasteiger partial charge on any atom is 0.305 e. The molecule has 0 aromatic carbocycles. The van der Waals surface area contributed by atoms with Gasteiger partial charge in [-0.1, -0.05) is 25.4 Å². The number of carbonyl (C=O) groups is 1. The minimum absolute atomic E-state index is 0.0190. The van der Waals surface area contributed by atoms with E-state index in [-0.39, 0.29) is 18.4 Å². The van der Waals surface area contributed by atoms with Crippen LogP contribution in [0.15, 0.2) is 12.1 Å². The van der Waals surface area contributed by atoms with Gasteiger partial charge < -0.3 is 5.11 Å². The first-order chi connectivity index (χ1) is 8.99. The molecule has 0 fully saturated rings. The van der Waals surface area contributed by atoms with Gasteiger partial charge in [0.1, 0.15) is 0 Å². The Kier molecular flexibility index (Phi) is 4.16. The number of aliphatic carboxylic acids is 1. The predicted molar refractivity (Wildman–Crippen MR) is 72.3 cm³/mol. The normalized spacial score (nSPS) is 12.8. The van der Waals surface area contributed by atoms with Crippen LogP contribution in [-0.2, 0) is 4.79 Å². The fraction of sp³-hybridized carbons (Fsp3) is 0.455. The Morgan fingerprint density at radius 3 is 2.79 bits per heavy atom. The summed E-state index contributed by atoms with van der Waals surface area (Å²) in [6.07, 6.45) is -0.0190. The Labute approximate surface area is 119 Å². The number of thiophene rings is 1. The Morgan fingerprint density at radius 1 is 1.53 bits per heavy atom. The van der Waals surface area contributed by atoms with Gasteiger partial charge in [0.25, 0.3) is 0 Å². The third-order valence-electron chi connectivity index (χ3n) is 2.75. The number of aromatic nitrogens is 4. The van der Waals surface area contributed by atoms with Crippen molar-refractivity contribution in [2.45, 2.75) is 26.3 Å². The molecule has 1 unspecified atom stereocenters. The fourth-order valence-corrected chi connectivity index (χ4v) is 2.82. The number of hydrogen-bond donors (Lipinski definition) is 1. The Bertz CT molecular complexity index is 581. The molecule has 0 saturated heterocycles. The highest BCUT2D eigenvalue weighted by atomic mass is 35.5. The lowest BCUT2D eigenvalue weighted by molar-refractivity contribution is -0.138. The van der Waals surface area contributed by atoms with E-state index in [2.05, 4.69) is 15.5 Å². The molecular formula is C11H13ClN4O2S. The lowest BCUT2D eigenvalue weighted by atomic mass is 10.0. The second-order valence-corrected chi connectivity index (χ2v) is 6.18. The van der Waals surface area contributed by atoms with E-state index in [1.54, 1.807) is 10.7 Å². The maximum atomic E-state index is 11.0. The van der Waals surface area contributed by atoms with Crippen LogP contribution in [0, 0.1) is 5.92 Å². The summed E-state index contributed by atoms with van der Waals surface area (Å²) in [5.41, 5.74) is 0. The molecule has 0 aliphatic carbocycles. The number of rotatable bonds is 5. The SMILES string of the molecule is CC(C)C(CC(=O)O)n1nnnc1-c1ccc(Cl)s1. The van der Waals surface area contributed by atoms with E-state index in [0.29, 0.717) is 10.2 Å². The lowest BCUT2D eigenvalue weighted by Crippen LogP contribution is -2.21. The Hall–Kier alpha value is -1.47. The van der Waals surface area contributed by atoms with Gasteiger partial charge in [-0.2, -0.15) is 0 Å². The Morgan fingerprint density at radius 2 is 2.26 bits per heavy atom. The van der Waals surface area contributed by atoms with E-state index in [9.17, 15) is 4.79 Å². The standard InChI is InChI=1S/C11H13ClN4O2S/c1-6(2)7(5-10(17)18)16-11(13-14-15-16)8-3-4-9(12)19-8/h3-4,6-7H,5H2,1-2H3,(H,17,18). The quantitative estimate of drug-likeness (QED) is 0.918. The van der Waals surface area contributed by atoms with Crippen LogP contribution < -0.4 is 0 Å². The third kappa shape index (κ3) is 3.10. The minimum atomic E-state index is -0.871. The van der Waals surface area contributed by atoms with Gasteiger partial charge in [-0.3, -0.25) is 4.79 Å². The van der Waals surface area contributed by atoms with Crippen LogP contribution in [0.25, 0.3) is 10.7 Å². The van der Waals surface area contributed by atoms with Crippen molar-refractivity contribution in [1.82, 2.24) is 20.2 Å². The van der Waals surface area contributed by atoms with Crippen molar-refractivity contribution in [3.8, 4) is 10.7 Å². The minimum Gasteiger partial charge on any atom is -0.481 e. The Balaban J connectivity index is 2.39. The first kappa shape index (κ1) is 14.0. The zero-order valence-electron chi connectivity index (χ0n) is 10.4. The molecule has 102 valence electrons. The highest BCUT2D eigenvalue weighted by Gasteiger charge is 2.24. The zero-order chi connectivity index (χ0) is 14.0.